The molecular weight excluding hydrogens is 269 g/mol. The Bertz CT molecular complexity index is 432. The Balaban J connectivity index is 2.97. The third-order valence-corrected chi connectivity index (χ3v) is 2.29. The fourth-order valence-electron chi connectivity index (χ4n) is 1.31. The van der Waals surface area contributed by atoms with Crippen LogP contribution in [0.2, 0.25) is 0 Å². The van der Waals surface area contributed by atoms with E-state index in [-0.39, 0.29) is 23.5 Å². The van der Waals surface area contributed by atoms with Crippen molar-refractivity contribution in [2.75, 3.05) is 6.61 Å². The van der Waals surface area contributed by atoms with Gasteiger partial charge in [-0.3, -0.25) is 4.79 Å². The average molecular weight is 280 g/mol. The SMILES string of the molecule is CCOC(=O)Cc1cccc(S)c1OC(F)(F)F. The molecule has 1 aromatic carbocycles. The van der Waals surface area contributed by atoms with Crippen molar-refractivity contribution in [3.8, 4) is 5.75 Å². The van der Waals surface area contributed by atoms with Crippen molar-refractivity contribution >= 4 is 18.6 Å². The minimum atomic E-state index is -4.83. The molecule has 1 rings (SSSR count). The predicted molar refractivity (Wildman–Crippen MR) is 60.7 cm³/mol. The summed E-state index contributed by atoms with van der Waals surface area (Å²) < 4.78 is 45.2. The first-order valence-electron chi connectivity index (χ1n) is 5.05. The molecule has 3 nitrogen and oxygen atoms in total. The topological polar surface area (TPSA) is 35.5 Å². The molecular formula is C11H11F3O3S. The van der Waals surface area contributed by atoms with Gasteiger partial charge in [0.15, 0.2) is 0 Å². The molecule has 0 saturated carbocycles. The van der Waals surface area contributed by atoms with E-state index in [0.29, 0.717) is 0 Å². The van der Waals surface area contributed by atoms with Crippen LogP contribution in [0.3, 0.4) is 0 Å². The van der Waals surface area contributed by atoms with Crippen LogP contribution < -0.4 is 4.74 Å². The lowest BCUT2D eigenvalue weighted by Crippen LogP contribution is -2.19. The second-order valence-electron chi connectivity index (χ2n) is 3.29. The maximum atomic E-state index is 12.2. The number of rotatable bonds is 4. The number of alkyl halides is 3. The van der Waals surface area contributed by atoms with Crippen LogP contribution >= 0.6 is 12.6 Å². The average Bonchev–Trinajstić information content (AvgIpc) is 2.22. The molecule has 18 heavy (non-hydrogen) atoms. The van der Waals surface area contributed by atoms with Gasteiger partial charge in [-0.2, -0.15) is 0 Å². The van der Waals surface area contributed by atoms with Crippen LogP contribution in [-0.4, -0.2) is 18.9 Å². The highest BCUT2D eigenvalue weighted by Crippen LogP contribution is 2.32. The Kier molecular flexibility index (Phi) is 4.89. The summed E-state index contributed by atoms with van der Waals surface area (Å²) in [5.41, 5.74) is 0.0817. The summed E-state index contributed by atoms with van der Waals surface area (Å²) >= 11 is 3.88. The van der Waals surface area contributed by atoms with E-state index in [1.54, 1.807) is 6.92 Å². The molecule has 0 unspecified atom stereocenters. The zero-order valence-corrected chi connectivity index (χ0v) is 10.3. The van der Waals surface area contributed by atoms with E-state index < -0.39 is 18.1 Å². The van der Waals surface area contributed by atoms with Gasteiger partial charge in [0.2, 0.25) is 0 Å². The number of thiol groups is 1. The number of hydrogen-bond acceptors (Lipinski definition) is 4. The molecule has 0 N–H and O–H groups in total. The third-order valence-electron chi connectivity index (χ3n) is 1.93. The molecule has 7 heteroatoms. The normalized spacial score (nSPS) is 11.2. The molecule has 0 spiro atoms. The van der Waals surface area contributed by atoms with E-state index in [0.717, 1.165) is 0 Å². The number of hydrogen-bond donors (Lipinski definition) is 1. The van der Waals surface area contributed by atoms with Crippen LogP contribution in [-0.2, 0) is 16.0 Å². The Labute approximate surface area is 107 Å². The molecule has 0 fully saturated rings. The number of carbonyl (C=O) groups excluding carboxylic acids is 1. The van der Waals surface area contributed by atoms with Gasteiger partial charge in [0.05, 0.1) is 13.0 Å². The third kappa shape index (κ3) is 4.48. The van der Waals surface area contributed by atoms with Gasteiger partial charge in [-0.1, -0.05) is 12.1 Å². The molecule has 0 aliphatic heterocycles. The van der Waals surface area contributed by atoms with Gasteiger partial charge in [-0.15, -0.1) is 25.8 Å². The van der Waals surface area contributed by atoms with E-state index in [9.17, 15) is 18.0 Å². The summed E-state index contributed by atoms with van der Waals surface area (Å²) in [6.45, 7) is 1.77. The summed E-state index contributed by atoms with van der Waals surface area (Å²) in [6.07, 6.45) is -5.13. The standard InChI is InChI=1S/C11H11F3O3S/c1-2-16-9(15)6-7-4-3-5-8(18)10(7)17-11(12,13)14/h3-5,18H,2,6H2,1H3. The molecule has 1 aromatic rings. The first-order valence-corrected chi connectivity index (χ1v) is 5.50. The van der Waals surface area contributed by atoms with Gasteiger partial charge in [0.25, 0.3) is 0 Å². The number of ether oxygens (including phenoxy) is 2. The molecule has 0 bridgehead atoms. The lowest BCUT2D eigenvalue weighted by Gasteiger charge is -2.14. The highest BCUT2D eigenvalue weighted by atomic mass is 32.1. The smallest absolute Gasteiger partial charge is 0.466 e. The number of carbonyl (C=O) groups is 1. The Morgan fingerprint density at radius 2 is 2.06 bits per heavy atom. The minimum Gasteiger partial charge on any atom is -0.466 e. The van der Waals surface area contributed by atoms with Crippen LogP contribution in [0.4, 0.5) is 13.2 Å². The Morgan fingerprint density at radius 3 is 2.61 bits per heavy atom. The lowest BCUT2D eigenvalue weighted by molar-refractivity contribution is -0.275. The van der Waals surface area contributed by atoms with Gasteiger partial charge >= 0.3 is 12.3 Å². The second kappa shape index (κ2) is 5.99. The zero-order valence-electron chi connectivity index (χ0n) is 9.45. The van der Waals surface area contributed by atoms with Gasteiger partial charge in [0, 0.05) is 10.5 Å². The highest BCUT2D eigenvalue weighted by molar-refractivity contribution is 7.80. The van der Waals surface area contributed by atoms with E-state index >= 15 is 0 Å². The van der Waals surface area contributed by atoms with E-state index in [4.69, 9.17) is 0 Å². The number of halogens is 3. The molecule has 0 amide bonds. The minimum absolute atomic E-state index is 0.00845. The Morgan fingerprint density at radius 1 is 1.39 bits per heavy atom. The van der Waals surface area contributed by atoms with Crippen molar-refractivity contribution in [2.45, 2.75) is 24.6 Å². The molecule has 0 atom stereocenters. The Hall–Kier alpha value is -1.37. The molecule has 0 radical (unpaired) electrons. The molecule has 0 aliphatic rings. The largest absolute Gasteiger partial charge is 0.573 e. The van der Waals surface area contributed by atoms with Crippen LogP contribution in [0.1, 0.15) is 12.5 Å². The summed E-state index contributed by atoms with van der Waals surface area (Å²) in [5.74, 6) is -1.09. The summed E-state index contributed by atoms with van der Waals surface area (Å²) in [7, 11) is 0. The first kappa shape index (κ1) is 14.7. The van der Waals surface area contributed by atoms with Crippen molar-refractivity contribution in [1.82, 2.24) is 0 Å². The molecule has 0 saturated heterocycles. The van der Waals surface area contributed by atoms with Gasteiger partial charge in [0.1, 0.15) is 5.75 Å². The maximum absolute atomic E-state index is 12.2. The van der Waals surface area contributed by atoms with Crippen LogP contribution in [0, 0.1) is 0 Å². The molecule has 100 valence electrons. The van der Waals surface area contributed by atoms with Crippen molar-refractivity contribution in [2.24, 2.45) is 0 Å². The maximum Gasteiger partial charge on any atom is 0.573 e. The van der Waals surface area contributed by atoms with Gasteiger partial charge < -0.3 is 9.47 Å². The van der Waals surface area contributed by atoms with Crippen molar-refractivity contribution in [3.63, 3.8) is 0 Å². The first-order chi connectivity index (χ1) is 8.33. The van der Waals surface area contributed by atoms with Gasteiger partial charge in [-0.25, -0.2) is 0 Å². The van der Waals surface area contributed by atoms with E-state index in [1.807, 2.05) is 0 Å². The predicted octanol–water partition coefficient (Wildman–Crippen LogP) is 2.98. The van der Waals surface area contributed by atoms with Crippen LogP contribution in [0.5, 0.6) is 5.75 Å². The van der Waals surface area contributed by atoms with Crippen molar-refractivity contribution in [1.29, 1.82) is 0 Å². The molecule has 0 aliphatic carbocycles. The molecule has 0 heterocycles. The van der Waals surface area contributed by atoms with Crippen molar-refractivity contribution in [3.05, 3.63) is 23.8 Å². The van der Waals surface area contributed by atoms with Crippen LogP contribution in [0.25, 0.3) is 0 Å². The number of esters is 1. The van der Waals surface area contributed by atoms with Gasteiger partial charge in [-0.05, 0) is 13.0 Å². The summed E-state index contributed by atoms with van der Waals surface area (Å²) in [6, 6.07) is 4.19. The highest BCUT2D eigenvalue weighted by Gasteiger charge is 2.33. The van der Waals surface area contributed by atoms with Crippen LogP contribution in [0.15, 0.2) is 23.1 Å². The van der Waals surface area contributed by atoms with E-state index in [1.165, 1.54) is 18.2 Å². The second-order valence-corrected chi connectivity index (χ2v) is 3.78. The van der Waals surface area contributed by atoms with E-state index in [2.05, 4.69) is 22.1 Å². The van der Waals surface area contributed by atoms with Crippen molar-refractivity contribution < 1.29 is 27.4 Å². The lowest BCUT2D eigenvalue weighted by atomic mass is 10.1. The monoisotopic (exact) mass is 280 g/mol. The quantitative estimate of drug-likeness (QED) is 0.680. The number of para-hydroxylation sites is 1. The fraction of sp³-hybridized carbons (Fsp3) is 0.364. The summed E-state index contributed by atoms with van der Waals surface area (Å²) in [5, 5.41) is 0. The number of benzene rings is 1. The molecule has 0 aromatic heterocycles. The fourth-order valence-corrected chi connectivity index (χ4v) is 1.59. The summed E-state index contributed by atoms with van der Waals surface area (Å²) in [4.78, 5) is 11.3. The zero-order chi connectivity index (χ0) is 13.8.